The van der Waals surface area contributed by atoms with E-state index >= 15 is 0 Å². The van der Waals surface area contributed by atoms with Gasteiger partial charge in [-0.05, 0) is 26.4 Å². The fourth-order valence-electron chi connectivity index (χ4n) is 2.03. The van der Waals surface area contributed by atoms with Gasteiger partial charge in [0.05, 0.1) is 6.54 Å². The Morgan fingerprint density at radius 1 is 1.71 bits per heavy atom. The van der Waals surface area contributed by atoms with E-state index in [0.29, 0.717) is 17.6 Å². The van der Waals surface area contributed by atoms with Crippen LogP contribution < -0.4 is 5.32 Å². The Balaban J connectivity index is 0.00000144. The molecule has 1 aromatic heterocycles. The Bertz CT molecular complexity index is 338. The van der Waals surface area contributed by atoms with Crippen LogP contribution in [0.1, 0.15) is 22.6 Å². The maximum Gasteiger partial charge on any atom is 0.205 e. The second kappa shape index (κ2) is 7.06. The number of halogens is 1. The first-order valence-electron chi connectivity index (χ1n) is 5.60. The molecule has 0 aliphatic carbocycles. The Kier molecular flexibility index (Phi) is 6.05. The van der Waals surface area contributed by atoms with Gasteiger partial charge in [-0.3, -0.25) is 9.69 Å². The standard InChI is InChI=1S/C11H17N3OS.ClH/c1-14(7-9-3-2-4-12-9)8-10(15)11-13-5-6-16-11;/h5-6,9,12H,2-4,7-8H2,1H3;1H. The van der Waals surface area contributed by atoms with Crippen molar-refractivity contribution in [3.8, 4) is 0 Å². The van der Waals surface area contributed by atoms with Crippen molar-refractivity contribution in [1.29, 1.82) is 0 Å². The molecule has 1 aliphatic rings. The van der Waals surface area contributed by atoms with Gasteiger partial charge in [-0.2, -0.15) is 0 Å². The summed E-state index contributed by atoms with van der Waals surface area (Å²) in [6.07, 6.45) is 4.14. The van der Waals surface area contributed by atoms with E-state index in [1.165, 1.54) is 24.2 Å². The number of nitrogens with zero attached hydrogens (tertiary/aromatic N) is 2. The van der Waals surface area contributed by atoms with Crippen LogP contribution in [0.15, 0.2) is 11.6 Å². The first-order chi connectivity index (χ1) is 7.75. The summed E-state index contributed by atoms with van der Waals surface area (Å²) in [6, 6.07) is 0.550. The lowest BCUT2D eigenvalue weighted by Gasteiger charge is -2.19. The number of Topliss-reactive ketones (excluding diaryl/α,β-unsaturated/α-hetero) is 1. The summed E-state index contributed by atoms with van der Waals surface area (Å²) in [5, 5.41) is 5.89. The predicted molar refractivity (Wildman–Crippen MR) is 72.2 cm³/mol. The zero-order valence-electron chi connectivity index (χ0n) is 9.89. The molecule has 0 aromatic carbocycles. The summed E-state index contributed by atoms with van der Waals surface area (Å²) in [5.41, 5.74) is 0. The number of carbonyl (C=O) groups excluding carboxylic acids is 1. The highest BCUT2D eigenvalue weighted by atomic mass is 35.5. The molecule has 1 aliphatic heterocycles. The van der Waals surface area contributed by atoms with Gasteiger partial charge in [0.15, 0.2) is 5.01 Å². The minimum absolute atomic E-state index is 0. The second-order valence-corrected chi connectivity index (χ2v) is 5.15. The monoisotopic (exact) mass is 275 g/mol. The molecule has 0 amide bonds. The van der Waals surface area contributed by atoms with Crippen molar-refractivity contribution in [2.75, 3.05) is 26.7 Å². The molecule has 2 heterocycles. The maximum atomic E-state index is 11.8. The van der Waals surface area contributed by atoms with Gasteiger partial charge in [0, 0.05) is 24.2 Å². The van der Waals surface area contributed by atoms with E-state index in [4.69, 9.17) is 0 Å². The molecule has 0 spiro atoms. The predicted octanol–water partition coefficient (Wildman–Crippen LogP) is 1.43. The van der Waals surface area contributed by atoms with Crippen LogP contribution in [-0.4, -0.2) is 48.4 Å². The van der Waals surface area contributed by atoms with Crippen molar-refractivity contribution in [2.24, 2.45) is 0 Å². The molecule has 96 valence electrons. The minimum atomic E-state index is 0. The summed E-state index contributed by atoms with van der Waals surface area (Å²) < 4.78 is 0. The van der Waals surface area contributed by atoms with E-state index in [-0.39, 0.29) is 18.2 Å². The molecule has 0 radical (unpaired) electrons. The molecule has 0 bridgehead atoms. The van der Waals surface area contributed by atoms with Crippen molar-refractivity contribution in [1.82, 2.24) is 15.2 Å². The quantitative estimate of drug-likeness (QED) is 0.826. The maximum absolute atomic E-state index is 11.8. The van der Waals surface area contributed by atoms with Crippen molar-refractivity contribution >= 4 is 29.5 Å². The van der Waals surface area contributed by atoms with Gasteiger partial charge < -0.3 is 5.32 Å². The van der Waals surface area contributed by atoms with E-state index in [2.05, 4.69) is 15.2 Å². The van der Waals surface area contributed by atoms with Crippen LogP contribution in [-0.2, 0) is 0 Å². The molecule has 6 heteroatoms. The number of hydrogen-bond donors (Lipinski definition) is 1. The van der Waals surface area contributed by atoms with Crippen LogP contribution in [0.25, 0.3) is 0 Å². The van der Waals surface area contributed by atoms with Crippen LogP contribution in [0.2, 0.25) is 0 Å². The molecule has 2 rings (SSSR count). The lowest BCUT2D eigenvalue weighted by Crippen LogP contribution is -2.37. The summed E-state index contributed by atoms with van der Waals surface area (Å²) in [5.74, 6) is 0.121. The number of likely N-dealkylation sites (N-methyl/N-ethyl adjacent to an activating group) is 1. The van der Waals surface area contributed by atoms with Gasteiger partial charge in [-0.25, -0.2) is 4.98 Å². The summed E-state index contributed by atoms with van der Waals surface area (Å²) in [6.45, 7) is 2.52. The molecular formula is C11H18ClN3OS. The number of aromatic nitrogens is 1. The fourth-order valence-corrected chi connectivity index (χ4v) is 2.60. The third-order valence-corrected chi connectivity index (χ3v) is 3.59. The highest BCUT2D eigenvalue weighted by Gasteiger charge is 2.18. The molecule has 1 atom stereocenters. The molecule has 1 aromatic rings. The molecule has 17 heavy (non-hydrogen) atoms. The first kappa shape index (κ1) is 14.6. The molecular weight excluding hydrogens is 258 g/mol. The molecule has 1 saturated heterocycles. The summed E-state index contributed by atoms with van der Waals surface area (Å²) >= 11 is 1.41. The zero-order valence-corrected chi connectivity index (χ0v) is 11.5. The number of thiazole rings is 1. The first-order valence-corrected chi connectivity index (χ1v) is 6.48. The van der Waals surface area contributed by atoms with Crippen LogP contribution >= 0.6 is 23.7 Å². The smallest absolute Gasteiger partial charge is 0.205 e. The summed E-state index contributed by atoms with van der Waals surface area (Å²) in [7, 11) is 1.99. The van der Waals surface area contributed by atoms with E-state index in [9.17, 15) is 4.79 Å². The Hall–Kier alpha value is -0.490. The normalized spacial score (nSPS) is 19.3. The van der Waals surface area contributed by atoms with Crippen molar-refractivity contribution in [3.63, 3.8) is 0 Å². The zero-order chi connectivity index (χ0) is 11.4. The Morgan fingerprint density at radius 3 is 3.12 bits per heavy atom. The molecule has 0 saturated carbocycles. The average molecular weight is 276 g/mol. The van der Waals surface area contributed by atoms with Crippen molar-refractivity contribution in [2.45, 2.75) is 18.9 Å². The van der Waals surface area contributed by atoms with E-state index in [1.807, 2.05) is 12.4 Å². The lowest BCUT2D eigenvalue weighted by molar-refractivity contribution is 0.0942. The topological polar surface area (TPSA) is 45.2 Å². The second-order valence-electron chi connectivity index (χ2n) is 4.25. The van der Waals surface area contributed by atoms with Gasteiger partial charge >= 0.3 is 0 Å². The van der Waals surface area contributed by atoms with Crippen LogP contribution in [0.3, 0.4) is 0 Å². The molecule has 1 unspecified atom stereocenters. The number of ketones is 1. The Labute approximate surface area is 112 Å². The van der Waals surface area contributed by atoms with Gasteiger partial charge in [0.2, 0.25) is 5.78 Å². The highest BCUT2D eigenvalue weighted by molar-refractivity contribution is 7.11. The molecule has 1 fully saturated rings. The fraction of sp³-hybridized carbons (Fsp3) is 0.636. The largest absolute Gasteiger partial charge is 0.313 e. The average Bonchev–Trinajstić information content (AvgIpc) is 2.88. The lowest BCUT2D eigenvalue weighted by atomic mass is 10.2. The minimum Gasteiger partial charge on any atom is -0.313 e. The van der Waals surface area contributed by atoms with Gasteiger partial charge in [0.1, 0.15) is 0 Å². The van der Waals surface area contributed by atoms with Crippen molar-refractivity contribution < 1.29 is 4.79 Å². The van der Waals surface area contributed by atoms with E-state index in [0.717, 1.165) is 13.1 Å². The Morgan fingerprint density at radius 2 is 2.53 bits per heavy atom. The highest BCUT2D eigenvalue weighted by Crippen LogP contribution is 2.08. The third-order valence-electron chi connectivity index (χ3n) is 2.78. The summed E-state index contributed by atoms with van der Waals surface area (Å²) in [4.78, 5) is 17.9. The van der Waals surface area contributed by atoms with Crippen LogP contribution in [0.5, 0.6) is 0 Å². The van der Waals surface area contributed by atoms with E-state index in [1.54, 1.807) is 6.20 Å². The van der Waals surface area contributed by atoms with Crippen LogP contribution in [0.4, 0.5) is 0 Å². The van der Waals surface area contributed by atoms with E-state index < -0.39 is 0 Å². The molecule has 1 N–H and O–H groups in total. The number of carbonyl (C=O) groups is 1. The third kappa shape index (κ3) is 4.35. The van der Waals surface area contributed by atoms with Gasteiger partial charge in [0.25, 0.3) is 0 Å². The number of hydrogen-bond acceptors (Lipinski definition) is 5. The number of nitrogens with one attached hydrogen (secondary N) is 1. The van der Waals surface area contributed by atoms with Gasteiger partial charge in [-0.15, -0.1) is 23.7 Å². The van der Waals surface area contributed by atoms with Crippen molar-refractivity contribution in [3.05, 3.63) is 16.6 Å². The van der Waals surface area contributed by atoms with Gasteiger partial charge in [-0.1, -0.05) is 0 Å². The van der Waals surface area contributed by atoms with Crippen LogP contribution in [0, 0.1) is 0 Å². The molecule has 4 nitrogen and oxygen atoms in total. The number of rotatable bonds is 5. The SMILES string of the molecule is CN(CC(=O)c1nccs1)CC1CCCN1.Cl.